The van der Waals surface area contributed by atoms with Crippen LogP contribution in [0.5, 0.6) is 11.5 Å². The molecule has 0 aromatic heterocycles. The number of rotatable bonds is 8. The second kappa shape index (κ2) is 11.6. The Bertz CT molecular complexity index is 836. The summed E-state index contributed by atoms with van der Waals surface area (Å²) in [6.07, 6.45) is 1.07. The minimum absolute atomic E-state index is 0. The molecule has 164 valence electrons. The Labute approximate surface area is 192 Å². The van der Waals surface area contributed by atoms with E-state index in [-0.39, 0.29) is 31.1 Å². The lowest BCUT2D eigenvalue weighted by Gasteiger charge is -2.27. The number of halogens is 3. The molecule has 2 atom stereocenters. The maximum atomic E-state index is 11.4. The number of benzene rings is 2. The van der Waals surface area contributed by atoms with Crippen LogP contribution < -0.4 is 14.8 Å². The Morgan fingerprint density at radius 1 is 1.23 bits per heavy atom. The van der Waals surface area contributed by atoms with E-state index in [1.807, 2.05) is 12.1 Å². The van der Waals surface area contributed by atoms with Crippen molar-refractivity contribution in [3.63, 3.8) is 0 Å². The summed E-state index contributed by atoms with van der Waals surface area (Å²) in [5.41, 5.74) is 0.474. The molecule has 2 aromatic rings. The summed E-state index contributed by atoms with van der Waals surface area (Å²) in [7, 11) is 0. The Hall–Kier alpha value is -1.70. The van der Waals surface area contributed by atoms with E-state index in [4.69, 9.17) is 32.7 Å². The van der Waals surface area contributed by atoms with Gasteiger partial charge in [-0.05, 0) is 55.3 Å². The van der Waals surface area contributed by atoms with Gasteiger partial charge in [-0.3, -0.25) is 9.69 Å². The van der Waals surface area contributed by atoms with E-state index in [2.05, 4.69) is 10.2 Å². The smallest absolute Gasteiger partial charge is 0.221 e. The first-order chi connectivity index (χ1) is 13.9. The standard InChI is InChI=1S/C21H24Cl2N2O4.ClH/c1-14(26)24-19-11-16(23)6-9-20(19)28-13-17(27)12-25-10-2-3-21(25)29-18-7-4-15(22)5-8-18;/h4-9,11,17,21,27H,2-3,10,12-13H2,1H3,(H,24,26);1H. The van der Waals surface area contributed by atoms with Crippen molar-refractivity contribution in [1.29, 1.82) is 0 Å². The second-order valence-corrected chi connectivity index (χ2v) is 7.82. The van der Waals surface area contributed by atoms with Crippen molar-refractivity contribution >= 4 is 47.2 Å². The number of β-amino-alcohol motifs (C(OH)–C–C–N with tert-alkyl or cyclic N) is 1. The fourth-order valence-corrected chi connectivity index (χ4v) is 3.53. The third kappa shape index (κ3) is 7.22. The van der Waals surface area contributed by atoms with Crippen molar-refractivity contribution in [3.8, 4) is 11.5 Å². The maximum Gasteiger partial charge on any atom is 0.221 e. The van der Waals surface area contributed by atoms with Crippen LogP contribution >= 0.6 is 35.6 Å². The highest BCUT2D eigenvalue weighted by Gasteiger charge is 2.28. The number of hydrogen-bond acceptors (Lipinski definition) is 5. The van der Waals surface area contributed by atoms with E-state index in [1.165, 1.54) is 6.92 Å². The van der Waals surface area contributed by atoms with Crippen molar-refractivity contribution in [2.45, 2.75) is 32.1 Å². The minimum atomic E-state index is -0.717. The summed E-state index contributed by atoms with van der Waals surface area (Å²) in [6, 6.07) is 12.2. The molecule has 1 heterocycles. The number of carbonyl (C=O) groups excluding carboxylic acids is 1. The number of aliphatic hydroxyl groups excluding tert-OH is 1. The van der Waals surface area contributed by atoms with Crippen LogP contribution in [0.4, 0.5) is 5.69 Å². The summed E-state index contributed by atoms with van der Waals surface area (Å²) in [5, 5.41) is 14.3. The lowest BCUT2D eigenvalue weighted by molar-refractivity contribution is -0.114. The molecule has 3 rings (SSSR count). The summed E-state index contributed by atoms with van der Waals surface area (Å²) in [5.74, 6) is 0.981. The van der Waals surface area contributed by atoms with E-state index >= 15 is 0 Å². The molecule has 0 bridgehead atoms. The summed E-state index contributed by atoms with van der Waals surface area (Å²) < 4.78 is 11.8. The normalized spacial score (nSPS) is 17.1. The molecule has 9 heteroatoms. The number of nitrogens with one attached hydrogen (secondary N) is 1. The van der Waals surface area contributed by atoms with Gasteiger partial charge in [0, 0.05) is 30.1 Å². The molecule has 1 amide bonds. The predicted molar refractivity (Wildman–Crippen MR) is 121 cm³/mol. The number of anilines is 1. The first-order valence-electron chi connectivity index (χ1n) is 9.45. The molecular formula is C21H25Cl3N2O4. The number of ether oxygens (including phenoxy) is 2. The van der Waals surface area contributed by atoms with Gasteiger partial charge >= 0.3 is 0 Å². The highest BCUT2D eigenvalue weighted by atomic mass is 35.5. The molecule has 30 heavy (non-hydrogen) atoms. The molecule has 0 aliphatic carbocycles. The molecule has 1 fully saturated rings. The van der Waals surface area contributed by atoms with Gasteiger partial charge in [0.1, 0.15) is 24.2 Å². The molecule has 1 aliphatic heterocycles. The summed E-state index contributed by atoms with van der Waals surface area (Å²) in [6.45, 7) is 2.75. The average Bonchev–Trinajstić information content (AvgIpc) is 3.09. The number of carbonyl (C=O) groups is 1. The number of likely N-dealkylation sites (tertiary alicyclic amines) is 1. The molecule has 0 radical (unpaired) electrons. The summed E-state index contributed by atoms with van der Waals surface area (Å²) in [4.78, 5) is 13.5. The van der Waals surface area contributed by atoms with Gasteiger partial charge < -0.3 is 19.9 Å². The fraction of sp³-hybridized carbons (Fsp3) is 0.381. The third-order valence-corrected chi connectivity index (χ3v) is 5.01. The molecule has 2 aromatic carbocycles. The van der Waals surface area contributed by atoms with Crippen molar-refractivity contribution in [1.82, 2.24) is 4.90 Å². The Morgan fingerprint density at radius 2 is 1.93 bits per heavy atom. The monoisotopic (exact) mass is 474 g/mol. The van der Waals surface area contributed by atoms with Crippen molar-refractivity contribution < 1.29 is 19.4 Å². The van der Waals surface area contributed by atoms with Gasteiger partial charge in [-0.1, -0.05) is 23.2 Å². The van der Waals surface area contributed by atoms with E-state index in [0.29, 0.717) is 28.0 Å². The minimum Gasteiger partial charge on any atom is -0.489 e. The maximum absolute atomic E-state index is 11.4. The molecule has 0 saturated carbocycles. The first kappa shape index (κ1) is 24.6. The highest BCUT2D eigenvalue weighted by Crippen LogP contribution is 2.28. The fourth-order valence-electron chi connectivity index (χ4n) is 3.23. The predicted octanol–water partition coefficient (Wildman–Crippen LogP) is 4.61. The molecule has 1 aliphatic rings. The zero-order chi connectivity index (χ0) is 20.8. The largest absolute Gasteiger partial charge is 0.489 e. The van der Waals surface area contributed by atoms with E-state index in [0.717, 1.165) is 25.1 Å². The van der Waals surface area contributed by atoms with Gasteiger partial charge in [-0.2, -0.15) is 0 Å². The molecule has 0 spiro atoms. The quantitative estimate of drug-likeness (QED) is 0.583. The number of aliphatic hydroxyl groups is 1. The highest BCUT2D eigenvalue weighted by molar-refractivity contribution is 6.31. The van der Waals surface area contributed by atoms with Crippen LogP contribution in [-0.4, -0.2) is 47.9 Å². The number of amides is 1. The zero-order valence-corrected chi connectivity index (χ0v) is 18.8. The lowest BCUT2D eigenvalue weighted by atomic mass is 10.3. The second-order valence-electron chi connectivity index (χ2n) is 6.95. The Kier molecular flexibility index (Phi) is 9.52. The van der Waals surface area contributed by atoms with Crippen molar-refractivity contribution in [2.24, 2.45) is 0 Å². The zero-order valence-electron chi connectivity index (χ0n) is 16.5. The van der Waals surface area contributed by atoms with Crippen LogP contribution in [0.1, 0.15) is 19.8 Å². The van der Waals surface area contributed by atoms with Crippen LogP contribution in [0, 0.1) is 0 Å². The number of nitrogens with zero attached hydrogens (tertiary/aromatic N) is 1. The Morgan fingerprint density at radius 3 is 2.63 bits per heavy atom. The van der Waals surface area contributed by atoms with Crippen LogP contribution in [0.25, 0.3) is 0 Å². The van der Waals surface area contributed by atoms with Gasteiger partial charge in [0.2, 0.25) is 5.91 Å². The van der Waals surface area contributed by atoms with Gasteiger partial charge in [-0.25, -0.2) is 0 Å². The molecule has 1 saturated heterocycles. The number of hydrogen-bond donors (Lipinski definition) is 2. The molecule has 2 N–H and O–H groups in total. The Balaban J connectivity index is 0.00000320. The van der Waals surface area contributed by atoms with Crippen LogP contribution in [-0.2, 0) is 4.79 Å². The van der Waals surface area contributed by atoms with Gasteiger partial charge in [0.25, 0.3) is 0 Å². The SMILES string of the molecule is CC(=O)Nc1cc(Cl)ccc1OCC(O)CN1CCCC1Oc1ccc(Cl)cc1.Cl. The molecule has 2 unspecified atom stereocenters. The summed E-state index contributed by atoms with van der Waals surface area (Å²) >= 11 is 11.9. The average molecular weight is 476 g/mol. The molecule has 6 nitrogen and oxygen atoms in total. The first-order valence-corrected chi connectivity index (χ1v) is 10.2. The van der Waals surface area contributed by atoms with Crippen molar-refractivity contribution in [3.05, 3.63) is 52.5 Å². The van der Waals surface area contributed by atoms with E-state index in [1.54, 1.807) is 30.3 Å². The molecular weight excluding hydrogens is 451 g/mol. The van der Waals surface area contributed by atoms with Gasteiger partial charge in [0.05, 0.1) is 5.69 Å². The van der Waals surface area contributed by atoms with Crippen molar-refractivity contribution in [2.75, 3.05) is 25.0 Å². The third-order valence-electron chi connectivity index (χ3n) is 4.52. The van der Waals surface area contributed by atoms with Crippen LogP contribution in [0.2, 0.25) is 10.0 Å². The van der Waals surface area contributed by atoms with E-state index in [9.17, 15) is 9.90 Å². The van der Waals surface area contributed by atoms with Gasteiger partial charge in [0.15, 0.2) is 6.23 Å². The topological polar surface area (TPSA) is 71.0 Å². The van der Waals surface area contributed by atoms with Crippen LogP contribution in [0.15, 0.2) is 42.5 Å². The van der Waals surface area contributed by atoms with E-state index < -0.39 is 6.10 Å². The van der Waals surface area contributed by atoms with Crippen LogP contribution in [0.3, 0.4) is 0 Å². The van der Waals surface area contributed by atoms with Gasteiger partial charge in [-0.15, -0.1) is 12.4 Å². The lowest BCUT2D eigenvalue weighted by Crippen LogP contribution is -2.41.